The fourth-order valence-corrected chi connectivity index (χ4v) is 4.11. The molecule has 1 saturated heterocycles. The van der Waals surface area contributed by atoms with E-state index >= 15 is 0 Å². The molecule has 1 aliphatic rings. The summed E-state index contributed by atoms with van der Waals surface area (Å²) in [4.78, 5) is 43.2. The van der Waals surface area contributed by atoms with Crippen LogP contribution in [0.25, 0.3) is 5.76 Å². The molecule has 1 aliphatic heterocycles. The number of carbonyl (C=O) groups is 3. The van der Waals surface area contributed by atoms with Crippen molar-refractivity contribution in [3.05, 3.63) is 88.7 Å². The number of aromatic nitrogens is 1. The Balaban J connectivity index is 1.86. The third-order valence-corrected chi connectivity index (χ3v) is 5.75. The van der Waals surface area contributed by atoms with E-state index in [1.807, 2.05) is 0 Å². The number of ether oxygens (including phenoxy) is 1. The Morgan fingerprint density at radius 1 is 1.11 bits per heavy atom. The Morgan fingerprint density at radius 2 is 1.80 bits per heavy atom. The second-order valence-electron chi connectivity index (χ2n) is 7.76. The number of hydrogen-bond acceptors (Lipinski definition) is 6. The highest BCUT2D eigenvalue weighted by atomic mass is 35.5. The smallest absolute Gasteiger partial charge is 0.300 e. The Labute approximate surface area is 206 Å². The van der Waals surface area contributed by atoms with Crippen molar-refractivity contribution in [3.63, 3.8) is 0 Å². The summed E-state index contributed by atoms with van der Waals surface area (Å²) in [6, 6.07) is 13.6. The van der Waals surface area contributed by atoms with Crippen molar-refractivity contribution in [2.75, 3.05) is 16.8 Å². The van der Waals surface area contributed by atoms with Crippen LogP contribution in [0.1, 0.15) is 31.0 Å². The molecule has 8 nitrogen and oxygen atoms in total. The molecule has 2 heterocycles. The van der Waals surface area contributed by atoms with Crippen LogP contribution in [-0.2, 0) is 14.4 Å². The lowest BCUT2D eigenvalue weighted by Gasteiger charge is -2.25. The predicted molar refractivity (Wildman–Crippen MR) is 132 cm³/mol. The molecule has 178 valence electrons. The highest BCUT2D eigenvalue weighted by molar-refractivity contribution is 6.51. The van der Waals surface area contributed by atoms with Gasteiger partial charge in [0.25, 0.3) is 11.7 Å². The lowest BCUT2D eigenvalue weighted by Crippen LogP contribution is -2.29. The third kappa shape index (κ3) is 4.74. The van der Waals surface area contributed by atoms with Crippen molar-refractivity contribution in [3.8, 4) is 5.75 Å². The van der Waals surface area contributed by atoms with E-state index in [2.05, 4.69) is 10.3 Å². The molecule has 2 amide bonds. The van der Waals surface area contributed by atoms with Gasteiger partial charge in [0, 0.05) is 36.3 Å². The fraction of sp³-hybridized carbons (Fsp3) is 0.154. The first-order valence-corrected chi connectivity index (χ1v) is 11.2. The van der Waals surface area contributed by atoms with Gasteiger partial charge in [-0.15, -0.1) is 0 Å². The first-order chi connectivity index (χ1) is 16.8. The molecular weight excluding hydrogens is 470 g/mol. The van der Waals surface area contributed by atoms with Crippen LogP contribution in [0, 0.1) is 0 Å². The van der Waals surface area contributed by atoms with Crippen molar-refractivity contribution < 1.29 is 24.2 Å². The molecule has 0 radical (unpaired) electrons. The summed E-state index contributed by atoms with van der Waals surface area (Å²) >= 11 is 6.18. The number of Topliss-reactive ketones (excluding diaryl/α,β-unsaturated/α-hetero) is 1. The zero-order chi connectivity index (χ0) is 25.1. The van der Waals surface area contributed by atoms with E-state index in [9.17, 15) is 19.5 Å². The maximum Gasteiger partial charge on any atom is 0.300 e. The molecule has 0 bridgehead atoms. The summed E-state index contributed by atoms with van der Waals surface area (Å²) < 4.78 is 5.51. The van der Waals surface area contributed by atoms with Gasteiger partial charge in [0.1, 0.15) is 11.5 Å². The first-order valence-electron chi connectivity index (χ1n) is 10.8. The molecule has 35 heavy (non-hydrogen) atoms. The number of nitrogens with zero attached hydrogens (tertiary/aromatic N) is 2. The second-order valence-corrected chi connectivity index (χ2v) is 8.16. The molecule has 1 unspecified atom stereocenters. The summed E-state index contributed by atoms with van der Waals surface area (Å²) in [5.74, 6) is -1.85. The van der Waals surface area contributed by atoms with Crippen LogP contribution in [0.15, 0.2) is 72.6 Å². The summed E-state index contributed by atoms with van der Waals surface area (Å²) in [6.45, 7) is 3.55. The Morgan fingerprint density at radius 3 is 2.43 bits per heavy atom. The Kier molecular flexibility index (Phi) is 6.84. The molecule has 0 saturated carbocycles. The fourth-order valence-electron chi connectivity index (χ4n) is 3.94. The summed E-state index contributed by atoms with van der Waals surface area (Å²) in [7, 11) is 0. The van der Waals surface area contributed by atoms with E-state index < -0.39 is 17.7 Å². The molecule has 1 aromatic heterocycles. The van der Waals surface area contributed by atoms with Crippen LogP contribution in [0.5, 0.6) is 5.75 Å². The zero-order valence-corrected chi connectivity index (χ0v) is 19.7. The maximum absolute atomic E-state index is 13.2. The van der Waals surface area contributed by atoms with E-state index in [1.165, 1.54) is 17.9 Å². The molecular formula is C26H22ClN3O5. The second kappa shape index (κ2) is 9.99. The Bertz CT molecular complexity index is 1320. The number of rotatable bonds is 6. The third-order valence-electron chi connectivity index (χ3n) is 5.44. The minimum atomic E-state index is -0.907. The SMILES string of the molecule is CCOc1cc(/C(O)=C2/C(=O)C(=O)N(c3ccc(NC(C)=O)cc3)C2c2ccncc2)ccc1Cl. The van der Waals surface area contributed by atoms with Gasteiger partial charge in [-0.05, 0) is 67.1 Å². The van der Waals surface area contributed by atoms with E-state index in [1.54, 1.807) is 67.8 Å². The number of anilines is 2. The maximum atomic E-state index is 13.2. The van der Waals surface area contributed by atoms with Gasteiger partial charge >= 0.3 is 0 Å². The summed E-state index contributed by atoms with van der Waals surface area (Å²) in [6.07, 6.45) is 3.09. The van der Waals surface area contributed by atoms with Crippen LogP contribution in [-0.4, -0.2) is 34.3 Å². The number of nitrogens with one attached hydrogen (secondary N) is 1. The standard InChI is InChI=1S/C26H22ClN3O5/c1-3-35-21-14-17(4-9-20(21)27)24(32)22-23(16-10-12-28-13-11-16)30(26(34)25(22)33)19-7-5-18(6-8-19)29-15(2)31/h4-14,23,32H,3H2,1-2H3,(H,29,31)/b24-22-. The lowest BCUT2D eigenvalue weighted by atomic mass is 9.95. The highest BCUT2D eigenvalue weighted by Crippen LogP contribution is 2.42. The first kappa shape index (κ1) is 24.0. The Hall–Kier alpha value is -4.17. The van der Waals surface area contributed by atoms with Crippen molar-refractivity contribution in [1.82, 2.24) is 4.98 Å². The molecule has 1 atom stereocenters. The van der Waals surface area contributed by atoms with Gasteiger partial charge in [0.05, 0.1) is 23.2 Å². The molecule has 2 aromatic carbocycles. The van der Waals surface area contributed by atoms with Crippen LogP contribution in [0.2, 0.25) is 5.02 Å². The molecule has 4 rings (SSSR count). The molecule has 3 aromatic rings. The molecule has 0 spiro atoms. The van der Waals surface area contributed by atoms with Crippen molar-refractivity contribution in [2.24, 2.45) is 0 Å². The van der Waals surface area contributed by atoms with E-state index in [4.69, 9.17) is 16.3 Å². The van der Waals surface area contributed by atoms with Gasteiger partial charge in [-0.1, -0.05) is 11.6 Å². The van der Waals surface area contributed by atoms with Gasteiger partial charge < -0.3 is 15.2 Å². The van der Waals surface area contributed by atoms with Crippen LogP contribution >= 0.6 is 11.6 Å². The van der Waals surface area contributed by atoms with Gasteiger partial charge in [0.15, 0.2) is 0 Å². The van der Waals surface area contributed by atoms with Gasteiger partial charge in [0.2, 0.25) is 5.91 Å². The summed E-state index contributed by atoms with van der Waals surface area (Å²) in [5, 5.41) is 14.3. The number of aliphatic hydroxyl groups excluding tert-OH is 1. The molecule has 0 aliphatic carbocycles. The molecule has 1 fully saturated rings. The zero-order valence-electron chi connectivity index (χ0n) is 19.0. The number of ketones is 1. The minimum Gasteiger partial charge on any atom is -0.507 e. The van der Waals surface area contributed by atoms with E-state index in [0.29, 0.717) is 34.3 Å². The largest absolute Gasteiger partial charge is 0.507 e. The number of halogens is 1. The van der Waals surface area contributed by atoms with Crippen LogP contribution < -0.4 is 15.0 Å². The molecule has 9 heteroatoms. The van der Waals surface area contributed by atoms with Crippen molar-refractivity contribution >= 4 is 46.3 Å². The number of pyridine rings is 1. The van der Waals surface area contributed by atoms with Gasteiger partial charge in [-0.25, -0.2) is 0 Å². The van der Waals surface area contributed by atoms with E-state index in [0.717, 1.165) is 0 Å². The van der Waals surface area contributed by atoms with Gasteiger partial charge in [-0.3, -0.25) is 24.3 Å². The number of aliphatic hydroxyl groups is 1. The number of benzene rings is 2. The van der Waals surface area contributed by atoms with Crippen LogP contribution in [0.3, 0.4) is 0 Å². The average molecular weight is 492 g/mol. The normalized spacial score (nSPS) is 16.9. The van der Waals surface area contributed by atoms with Crippen molar-refractivity contribution in [1.29, 1.82) is 0 Å². The van der Waals surface area contributed by atoms with Crippen molar-refractivity contribution in [2.45, 2.75) is 19.9 Å². The molecule has 2 N–H and O–H groups in total. The number of carbonyl (C=O) groups excluding carboxylic acids is 3. The lowest BCUT2D eigenvalue weighted by molar-refractivity contribution is -0.132. The van der Waals surface area contributed by atoms with E-state index in [-0.39, 0.29) is 22.8 Å². The van der Waals surface area contributed by atoms with Gasteiger partial charge in [-0.2, -0.15) is 0 Å². The van der Waals surface area contributed by atoms with Crippen LogP contribution in [0.4, 0.5) is 11.4 Å². The number of amides is 2. The minimum absolute atomic E-state index is 0.0723. The quantitative estimate of drug-likeness (QED) is 0.293. The predicted octanol–water partition coefficient (Wildman–Crippen LogP) is 4.72. The summed E-state index contributed by atoms with van der Waals surface area (Å²) in [5.41, 5.74) is 1.77. The highest BCUT2D eigenvalue weighted by Gasteiger charge is 2.47. The average Bonchev–Trinajstić information content (AvgIpc) is 3.11. The number of hydrogen-bond donors (Lipinski definition) is 2. The topological polar surface area (TPSA) is 109 Å². The monoisotopic (exact) mass is 491 g/mol.